The van der Waals surface area contributed by atoms with Gasteiger partial charge in [-0.1, -0.05) is 114 Å². The number of nitrogens with zero attached hydrogens (tertiary/aromatic N) is 1. The lowest BCUT2D eigenvalue weighted by Gasteiger charge is -2.21. The number of rotatable bonds is 19. The minimum Gasteiger partial charge on any atom is -0.466 e. The summed E-state index contributed by atoms with van der Waals surface area (Å²) in [5.74, 6) is 0.704. The molecule has 1 amide bonds. The third-order valence-electron chi connectivity index (χ3n) is 6.60. The lowest BCUT2D eigenvalue weighted by atomic mass is 9.59. The zero-order chi connectivity index (χ0) is 33.9. The normalized spacial score (nSPS) is 15.0. The fourth-order valence-electron chi connectivity index (χ4n) is 4.50. The van der Waals surface area contributed by atoms with Gasteiger partial charge in [-0.25, -0.2) is 0 Å². The molecule has 6 nitrogen and oxygen atoms in total. The molecule has 1 radical (unpaired) electrons. The van der Waals surface area contributed by atoms with Gasteiger partial charge in [0.15, 0.2) is 0 Å². The largest absolute Gasteiger partial charge is 0.466 e. The quantitative estimate of drug-likeness (QED) is 0.0824. The average molecular weight is 613 g/mol. The van der Waals surface area contributed by atoms with Crippen LogP contribution in [0, 0.1) is 5.92 Å². The van der Waals surface area contributed by atoms with Crippen LogP contribution in [0.15, 0.2) is 0 Å². The average Bonchev–Trinajstić information content (AvgIpc) is 3.35. The molecule has 1 aliphatic heterocycles. The number of esters is 1. The summed E-state index contributed by atoms with van der Waals surface area (Å²) in [5, 5.41) is 0. The minimum absolute atomic E-state index is 0.139. The van der Waals surface area contributed by atoms with Crippen LogP contribution in [0.4, 0.5) is 0 Å². The van der Waals surface area contributed by atoms with Crippen molar-refractivity contribution in [3.8, 4) is 0 Å². The first-order valence-electron chi connectivity index (χ1n) is 17.9. The highest BCUT2D eigenvalue weighted by Gasteiger charge is 2.33. The van der Waals surface area contributed by atoms with Gasteiger partial charge in [-0.2, -0.15) is 0 Å². The van der Waals surface area contributed by atoms with Gasteiger partial charge in [0.25, 0.3) is 0 Å². The molecule has 1 heterocycles. The number of unbranched alkanes of at least 4 members (excludes halogenated alkanes) is 8. The maximum Gasteiger partial charge on any atom is 0.305 e. The maximum atomic E-state index is 12.6. The Morgan fingerprint density at radius 2 is 1.28 bits per heavy atom. The highest BCUT2D eigenvalue weighted by atomic mass is 16.5. The number of methoxy groups -OCH3 is 1. The Morgan fingerprint density at radius 3 is 1.79 bits per heavy atom. The Kier molecular flexibility index (Phi) is 43.6. The van der Waals surface area contributed by atoms with Gasteiger partial charge in [0.1, 0.15) is 0 Å². The Labute approximate surface area is 270 Å². The molecule has 0 aromatic carbocycles. The predicted octanol–water partition coefficient (Wildman–Crippen LogP) is 10.0. The Balaban J connectivity index is -0.000000673. The molecule has 0 aliphatic carbocycles. The molecular weight excluding hydrogens is 537 g/mol. The van der Waals surface area contributed by atoms with Crippen molar-refractivity contribution < 1.29 is 23.9 Å². The van der Waals surface area contributed by atoms with E-state index in [4.69, 9.17) is 4.74 Å². The molecule has 1 rings (SSSR count). The van der Waals surface area contributed by atoms with Crippen LogP contribution in [0.5, 0.6) is 0 Å². The molecule has 2 atom stereocenters. The molecule has 0 saturated carbocycles. The van der Waals surface area contributed by atoms with Crippen molar-refractivity contribution in [2.75, 3.05) is 27.4 Å². The van der Waals surface area contributed by atoms with E-state index in [0.717, 1.165) is 25.7 Å². The molecule has 0 aromatic rings. The van der Waals surface area contributed by atoms with Gasteiger partial charge in [0, 0.05) is 39.6 Å². The van der Waals surface area contributed by atoms with Crippen molar-refractivity contribution >= 4 is 24.8 Å². The van der Waals surface area contributed by atoms with E-state index in [0.29, 0.717) is 51.2 Å². The maximum absolute atomic E-state index is 12.6. The number of carbonyl (C=O) groups excluding carboxylic acids is 3. The van der Waals surface area contributed by atoms with Gasteiger partial charge < -0.3 is 19.2 Å². The van der Waals surface area contributed by atoms with E-state index < -0.39 is 0 Å². The van der Waals surface area contributed by atoms with E-state index in [-0.39, 0.29) is 29.4 Å². The predicted molar refractivity (Wildman–Crippen MR) is 188 cm³/mol. The first kappa shape index (κ1) is 48.5. The lowest BCUT2D eigenvalue weighted by molar-refractivity contribution is -0.144. The lowest BCUT2D eigenvalue weighted by Crippen LogP contribution is -2.34. The van der Waals surface area contributed by atoms with Crippen molar-refractivity contribution in [2.24, 2.45) is 5.92 Å². The summed E-state index contributed by atoms with van der Waals surface area (Å²) < 4.78 is 9.58. The van der Waals surface area contributed by atoms with Crippen molar-refractivity contribution in [1.82, 2.24) is 4.90 Å². The number of amides is 1. The molecule has 0 spiro atoms. The number of ether oxygens (including phenoxy) is 2. The molecule has 1 unspecified atom stereocenters. The summed E-state index contributed by atoms with van der Waals surface area (Å²) in [6.07, 6.45) is 15.7. The zero-order valence-corrected chi connectivity index (χ0v) is 31.0. The van der Waals surface area contributed by atoms with Gasteiger partial charge in [0.2, 0.25) is 13.2 Å². The number of hydrogen-bond acceptors (Lipinski definition) is 5. The summed E-state index contributed by atoms with van der Waals surface area (Å²) >= 11 is 0. The van der Waals surface area contributed by atoms with Crippen LogP contribution in [-0.2, 0) is 23.9 Å². The second kappa shape index (κ2) is 38.7. The number of hydrogen-bond donors (Lipinski definition) is 0. The standard InChI is InChI=1S/C27H49BNO4.C3H8.C2H6O.2C2H6/c1-5-6-7-8-9-10-11-14-19-33-27(32)16-13-12-15-26(31)29-21-24(20-23(29)4)28-25(30)18-17-22(2)3;2*1-3-2;2*1-2/h22-24H,5-21H2,1-4H3;3H2,1-2H3;1-2H3;2*1-2H3/t23-,24?;;;;/m1..../s1. The topological polar surface area (TPSA) is 72.9 Å². The number of carbonyl (C=O) groups is 3. The summed E-state index contributed by atoms with van der Waals surface area (Å²) in [6.45, 7) is 22.0. The molecule has 257 valence electrons. The first-order valence-corrected chi connectivity index (χ1v) is 17.9. The fraction of sp³-hybridized carbons (Fsp3) is 0.917. The first-order chi connectivity index (χ1) is 20.7. The highest BCUT2D eigenvalue weighted by molar-refractivity contribution is 6.75. The van der Waals surface area contributed by atoms with Crippen molar-refractivity contribution in [3.63, 3.8) is 0 Å². The van der Waals surface area contributed by atoms with Crippen LogP contribution < -0.4 is 0 Å². The van der Waals surface area contributed by atoms with Crippen molar-refractivity contribution in [2.45, 2.75) is 184 Å². The molecule has 0 bridgehead atoms. The monoisotopic (exact) mass is 613 g/mol. The Bertz CT molecular complexity index is 598. The minimum atomic E-state index is -0.144. The number of likely N-dealkylation sites (tertiary alicyclic amines) is 1. The van der Waals surface area contributed by atoms with Gasteiger partial charge in [-0.3, -0.25) is 9.59 Å². The third kappa shape index (κ3) is 35.0. The van der Waals surface area contributed by atoms with Crippen LogP contribution in [0.2, 0.25) is 5.82 Å². The van der Waals surface area contributed by atoms with E-state index in [9.17, 15) is 14.4 Å². The summed E-state index contributed by atoms with van der Waals surface area (Å²) in [7, 11) is 5.09. The second-order valence-corrected chi connectivity index (χ2v) is 11.5. The molecule has 0 N–H and O–H groups in total. The van der Waals surface area contributed by atoms with E-state index >= 15 is 0 Å². The van der Waals surface area contributed by atoms with Crippen LogP contribution in [0.3, 0.4) is 0 Å². The zero-order valence-electron chi connectivity index (χ0n) is 31.0. The molecule has 1 saturated heterocycles. The fourth-order valence-corrected chi connectivity index (χ4v) is 4.50. The van der Waals surface area contributed by atoms with Crippen molar-refractivity contribution in [1.29, 1.82) is 0 Å². The van der Waals surface area contributed by atoms with Crippen LogP contribution in [-0.4, -0.2) is 63.2 Å². The summed E-state index contributed by atoms with van der Waals surface area (Å²) in [5.41, 5.74) is 0.209. The van der Waals surface area contributed by atoms with E-state index in [1.54, 1.807) is 14.2 Å². The van der Waals surface area contributed by atoms with Crippen LogP contribution >= 0.6 is 0 Å². The molecule has 1 aliphatic rings. The Hall–Kier alpha value is -1.37. The van der Waals surface area contributed by atoms with E-state index in [1.165, 1.54) is 44.9 Å². The second-order valence-electron chi connectivity index (χ2n) is 11.5. The molecule has 7 heteroatoms. The SMILES string of the molecule is CC.CC.CCC.CCCCCCCCCCOC(=O)CCCCC(=O)N1CC([B]C(=O)CCC(C)C)C[C@H]1C.COC. The van der Waals surface area contributed by atoms with E-state index in [1.807, 2.05) is 39.9 Å². The van der Waals surface area contributed by atoms with Gasteiger partial charge in [0.05, 0.1) is 12.3 Å². The third-order valence-corrected chi connectivity index (χ3v) is 6.60. The molecule has 43 heavy (non-hydrogen) atoms. The highest BCUT2D eigenvalue weighted by Crippen LogP contribution is 2.28. The van der Waals surface area contributed by atoms with Crippen LogP contribution in [0.25, 0.3) is 0 Å². The molecular formula is C36H75BNO5. The van der Waals surface area contributed by atoms with Gasteiger partial charge >= 0.3 is 5.97 Å². The smallest absolute Gasteiger partial charge is 0.305 e. The van der Waals surface area contributed by atoms with Crippen molar-refractivity contribution in [3.05, 3.63) is 0 Å². The van der Waals surface area contributed by atoms with E-state index in [2.05, 4.69) is 46.3 Å². The molecule has 0 aromatic heterocycles. The van der Waals surface area contributed by atoms with Gasteiger partial charge in [-0.05, 0) is 57.2 Å². The summed E-state index contributed by atoms with van der Waals surface area (Å²) in [4.78, 5) is 38.6. The van der Waals surface area contributed by atoms with Crippen LogP contribution in [0.1, 0.15) is 172 Å². The van der Waals surface area contributed by atoms with Gasteiger partial charge in [-0.15, -0.1) is 0 Å². The Morgan fingerprint density at radius 1 is 0.791 bits per heavy atom. The summed E-state index contributed by atoms with van der Waals surface area (Å²) in [6, 6.07) is 0.174. The molecule has 1 fully saturated rings.